The normalized spacial score (nSPS) is 21.1. The van der Waals surface area contributed by atoms with Crippen LogP contribution in [0.2, 0.25) is 140 Å². The Bertz CT molecular complexity index is 1160. The minimum Gasteiger partial charge on any atom is -0.456 e. The van der Waals surface area contributed by atoms with Gasteiger partial charge in [0.25, 0.3) is 0 Å². The summed E-state index contributed by atoms with van der Waals surface area (Å²) in [6.07, 6.45) is 4.28. The molecule has 1 saturated heterocycles. The van der Waals surface area contributed by atoms with Crippen LogP contribution in [-0.2, 0) is 43.6 Å². The third-order valence-corrected chi connectivity index (χ3v) is 47.9. The van der Waals surface area contributed by atoms with E-state index in [-0.39, 0.29) is 10.4 Å². The van der Waals surface area contributed by atoms with E-state index < -0.39 is 75.6 Å². The fourth-order valence-electron chi connectivity index (χ4n) is 9.35. The van der Waals surface area contributed by atoms with Crippen LogP contribution in [0.3, 0.4) is 0 Å². The zero-order valence-corrected chi connectivity index (χ0v) is 49.8. The number of rotatable bonds is 30. The molecule has 1 aliphatic rings. The molecule has 0 aromatic carbocycles. The Morgan fingerprint density at radius 2 is 0.804 bits per heavy atom. The van der Waals surface area contributed by atoms with Crippen molar-refractivity contribution in [1.82, 2.24) is 0 Å². The highest BCUT2D eigenvalue weighted by atomic mass is 28.4. The average Bonchev–Trinajstić information content (AvgIpc) is 3.11. The fourth-order valence-corrected chi connectivity index (χ4v) is 53.1. The van der Waals surface area contributed by atoms with E-state index in [0.29, 0.717) is 0 Å². The van der Waals surface area contributed by atoms with Gasteiger partial charge in [-0.05, 0) is 134 Å². The SMILES string of the molecule is CCC(CC)(O[Si]1(C)CCC1(CC)O[Si](C)(C)CC[Si](C)(C)O[Si](C)(C)CC[Si](OC)(OC)OC)[Si](C)(C)CC[Si](C)(C)O[Si](C)(C)CC[Si](OC)(OC)OC. The van der Waals surface area contributed by atoms with E-state index >= 15 is 0 Å². The van der Waals surface area contributed by atoms with Crippen molar-refractivity contribution in [3.8, 4) is 0 Å². The minimum atomic E-state index is -2.63. The second kappa shape index (κ2) is 21.3. The van der Waals surface area contributed by atoms with Crippen molar-refractivity contribution < 1.29 is 43.6 Å². The average molecular weight is 950 g/mol. The van der Waals surface area contributed by atoms with Gasteiger partial charge in [-0.3, -0.25) is 0 Å². The van der Waals surface area contributed by atoms with Gasteiger partial charge in [0.2, 0.25) is 8.32 Å². The van der Waals surface area contributed by atoms with Crippen LogP contribution >= 0.6 is 0 Å². The van der Waals surface area contributed by atoms with Gasteiger partial charge in [0.15, 0.2) is 41.6 Å². The third-order valence-electron chi connectivity index (χ3n) is 13.5. The van der Waals surface area contributed by atoms with Crippen molar-refractivity contribution in [3.05, 3.63) is 0 Å². The summed E-state index contributed by atoms with van der Waals surface area (Å²) < 4.78 is 64.1. The van der Waals surface area contributed by atoms with Crippen LogP contribution < -0.4 is 0 Å². The Balaban J connectivity index is 3.11. The molecule has 0 bridgehead atoms. The quantitative estimate of drug-likeness (QED) is 0.0648. The first-order chi connectivity index (χ1) is 25.4. The van der Waals surface area contributed by atoms with E-state index in [0.717, 1.165) is 68.0 Å². The number of hydrogen-bond acceptors (Lipinski definition) is 10. The van der Waals surface area contributed by atoms with Crippen LogP contribution in [0.4, 0.5) is 0 Å². The molecule has 0 N–H and O–H groups in total. The van der Waals surface area contributed by atoms with Crippen LogP contribution in [0.1, 0.15) is 46.5 Å². The molecule has 0 radical (unpaired) electrons. The standard InChI is InChI=1S/C37H92O10Si9/c1-23-36(24-2,48(10,11)28-29-50(14,15)46-52(18,19)32-34-55(38-4,39-5)40-6)45-54(22)27-26-37(54,25-3)44-49(12,13)30-31-51(16,17)47-53(20,21)33-35-56(41-7,42-8)43-9/h23-35H2,1-22H3. The van der Waals surface area contributed by atoms with Gasteiger partial charge in [0.05, 0.1) is 13.3 Å². The second-order valence-corrected chi connectivity index (χ2v) is 57.8. The molecule has 0 saturated carbocycles. The van der Waals surface area contributed by atoms with Gasteiger partial charge in [0.1, 0.15) is 0 Å². The summed E-state index contributed by atoms with van der Waals surface area (Å²) in [6, 6.07) is 9.33. The zero-order chi connectivity index (χ0) is 43.8. The molecule has 1 fully saturated rings. The minimum absolute atomic E-state index is 0.0737. The molecule has 19 heteroatoms. The van der Waals surface area contributed by atoms with Crippen molar-refractivity contribution in [3.63, 3.8) is 0 Å². The van der Waals surface area contributed by atoms with E-state index in [2.05, 4.69) is 106 Å². The van der Waals surface area contributed by atoms with E-state index in [1.165, 1.54) is 12.1 Å². The van der Waals surface area contributed by atoms with Gasteiger partial charge in [0, 0.05) is 60.0 Å². The van der Waals surface area contributed by atoms with Crippen molar-refractivity contribution in [2.75, 3.05) is 42.7 Å². The zero-order valence-electron chi connectivity index (χ0n) is 40.8. The second-order valence-electron chi connectivity index (χ2n) is 20.5. The van der Waals surface area contributed by atoms with Gasteiger partial charge in [-0.15, -0.1) is 0 Å². The topological polar surface area (TPSA) is 92.3 Å². The molecule has 1 rings (SSSR count). The maximum absolute atomic E-state index is 7.86. The predicted octanol–water partition coefficient (Wildman–Crippen LogP) is 11.3. The molecule has 336 valence electrons. The lowest BCUT2D eigenvalue weighted by atomic mass is 10.2. The molecule has 2 unspecified atom stereocenters. The fraction of sp³-hybridized carbons (Fsp3) is 1.00. The molecule has 1 aliphatic heterocycles. The van der Waals surface area contributed by atoms with Crippen LogP contribution in [0.15, 0.2) is 0 Å². The summed E-state index contributed by atoms with van der Waals surface area (Å²) in [4.78, 5) is 0. The predicted molar refractivity (Wildman–Crippen MR) is 259 cm³/mol. The van der Waals surface area contributed by atoms with Crippen molar-refractivity contribution in [2.24, 2.45) is 0 Å². The first kappa shape index (κ1) is 55.6. The van der Waals surface area contributed by atoms with E-state index in [1.54, 1.807) is 42.7 Å². The van der Waals surface area contributed by atoms with Crippen LogP contribution in [0, 0.1) is 0 Å². The van der Waals surface area contributed by atoms with E-state index in [9.17, 15) is 0 Å². The molecule has 0 aliphatic carbocycles. The van der Waals surface area contributed by atoms with Gasteiger partial charge >= 0.3 is 17.6 Å². The van der Waals surface area contributed by atoms with Crippen LogP contribution in [0.25, 0.3) is 0 Å². The number of hydrogen-bond donors (Lipinski definition) is 0. The highest BCUT2D eigenvalue weighted by molar-refractivity contribution is 6.89. The van der Waals surface area contributed by atoms with Crippen molar-refractivity contribution >= 4 is 75.6 Å². The molecule has 0 spiro atoms. The maximum Gasteiger partial charge on any atom is 0.499 e. The van der Waals surface area contributed by atoms with Crippen LogP contribution in [-0.4, -0.2) is 129 Å². The third kappa shape index (κ3) is 14.8. The monoisotopic (exact) mass is 948 g/mol. The molecule has 0 amide bonds. The Morgan fingerprint density at radius 1 is 0.482 bits per heavy atom. The molecular weight excluding hydrogens is 857 g/mol. The molecule has 0 aromatic heterocycles. The lowest BCUT2D eigenvalue weighted by molar-refractivity contribution is 0.0237. The molecule has 1 heterocycles. The summed E-state index contributed by atoms with van der Waals surface area (Å²) in [6.45, 7) is 38.8. The Kier molecular flexibility index (Phi) is 21.1. The van der Waals surface area contributed by atoms with Crippen molar-refractivity contribution in [2.45, 2.75) is 196 Å². The lowest BCUT2D eigenvalue weighted by Gasteiger charge is -2.62. The van der Waals surface area contributed by atoms with Crippen LogP contribution in [0.5, 0.6) is 0 Å². The van der Waals surface area contributed by atoms with Crippen molar-refractivity contribution in [1.29, 1.82) is 0 Å². The van der Waals surface area contributed by atoms with Gasteiger partial charge in [-0.2, -0.15) is 0 Å². The highest BCUT2D eigenvalue weighted by Crippen LogP contribution is 2.53. The first-order valence-electron chi connectivity index (χ1n) is 21.5. The Labute approximate surface area is 356 Å². The highest BCUT2D eigenvalue weighted by Gasteiger charge is 2.65. The molecule has 2 atom stereocenters. The summed E-state index contributed by atoms with van der Waals surface area (Å²) in [5.74, 6) is 0. The largest absolute Gasteiger partial charge is 0.499 e. The summed E-state index contributed by atoms with van der Waals surface area (Å²) in [5.41, 5.74) is 0. The Morgan fingerprint density at radius 3 is 1.09 bits per heavy atom. The molecular formula is C37H92O10Si9. The summed E-state index contributed by atoms with van der Waals surface area (Å²) in [7, 11) is -9.04. The molecule has 0 aromatic rings. The molecule has 10 nitrogen and oxygen atoms in total. The Hall–Kier alpha value is 1.55. The van der Waals surface area contributed by atoms with Gasteiger partial charge in [-0.25, -0.2) is 0 Å². The smallest absolute Gasteiger partial charge is 0.456 e. The van der Waals surface area contributed by atoms with Gasteiger partial charge in [-0.1, -0.05) is 39.9 Å². The summed E-state index contributed by atoms with van der Waals surface area (Å²) >= 11 is 0. The lowest BCUT2D eigenvalue weighted by Crippen LogP contribution is -2.74. The van der Waals surface area contributed by atoms with E-state index in [1.807, 2.05) is 0 Å². The maximum atomic E-state index is 7.86. The summed E-state index contributed by atoms with van der Waals surface area (Å²) in [5, 5.41) is -0.189. The first-order valence-corrected chi connectivity index (χ1v) is 46.8. The molecule has 56 heavy (non-hydrogen) atoms. The van der Waals surface area contributed by atoms with Gasteiger partial charge < -0.3 is 43.6 Å². The van der Waals surface area contributed by atoms with E-state index in [4.69, 9.17) is 43.6 Å².